The molecule has 3 atom stereocenters. The van der Waals surface area contributed by atoms with Crippen molar-refractivity contribution < 1.29 is 9.59 Å². The molecule has 0 radical (unpaired) electrons. The fourth-order valence-electron chi connectivity index (χ4n) is 5.39. The van der Waals surface area contributed by atoms with Crippen LogP contribution in [-0.4, -0.2) is 47.4 Å². The van der Waals surface area contributed by atoms with Gasteiger partial charge >= 0.3 is 0 Å². The smallest absolute Gasteiger partial charge is 0.253 e. The first-order valence-electron chi connectivity index (χ1n) is 11.1. The molecule has 6 nitrogen and oxygen atoms in total. The lowest BCUT2D eigenvalue weighted by atomic mass is 9.76. The first-order chi connectivity index (χ1) is 15.1. The number of nitrogens with zero attached hydrogens (tertiary/aromatic N) is 3. The summed E-state index contributed by atoms with van der Waals surface area (Å²) in [6.07, 6.45) is 5.71. The van der Waals surface area contributed by atoms with Crippen LogP contribution >= 0.6 is 11.6 Å². The van der Waals surface area contributed by atoms with Gasteiger partial charge in [-0.15, -0.1) is 0 Å². The third-order valence-corrected chi connectivity index (χ3v) is 7.13. The van der Waals surface area contributed by atoms with Crippen molar-refractivity contribution in [3.63, 3.8) is 0 Å². The molecule has 5 rings (SSSR count). The van der Waals surface area contributed by atoms with Gasteiger partial charge in [-0.3, -0.25) is 9.59 Å². The first-order valence-corrected chi connectivity index (χ1v) is 11.5. The monoisotopic (exact) mass is 438 g/mol. The van der Waals surface area contributed by atoms with E-state index in [1.807, 2.05) is 36.4 Å². The van der Waals surface area contributed by atoms with Crippen LogP contribution in [0.15, 0.2) is 42.6 Å². The lowest BCUT2D eigenvalue weighted by Gasteiger charge is -2.52. The highest BCUT2D eigenvalue weighted by Crippen LogP contribution is 2.38. The number of halogens is 1. The molecule has 1 N–H and O–H groups in total. The summed E-state index contributed by atoms with van der Waals surface area (Å²) in [5.41, 5.74) is 1.55. The van der Waals surface area contributed by atoms with Crippen LogP contribution in [0.2, 0.25) is 5.02 Å². The molecule has 3 fully saturated rings. The lowest BCUT2D eigenvalue weighted by molar-refractivity contribution is -0.142. The maximum atomic E-state index is 12.5. The number of hydrogen-bond acceptors (Lipinski definition) is 4. The molecule has 0 saturated carbocycles. The summed E-state index contributed by atoms with van der Waals surface area (Å²) in [5, 5.41) is 3.61. The van der Waals surface area contributed by atoms with E-state index in [1.165, 1.54) is 6.42 Å². The van der Waals surface area contributed by atoms with E-state index in [0.29, 0.717) is 47.3 Å². The largest absolute Gasteiger partial charge is 0.356 e. The lowest BCUT2D eigenvalue weighted by Crippen LogP contribution is -2.60. The Bertz CT molecular complexity index is 963. The fraction of sp³-hybridized carbons (Fsp3) is 0.458. The Kier molecular flexibility index (Phi) is 5.57. The van der Waals surface area contributed by atoms with Crippen molar-refractivity contribution in [2.75, 3.05) is 24.5 Å². The molecule has 2 aromatic rings. The summed E-state index contributed by atoms with van der Waals surface area (Å²) < 4.78 is 0. The molecule has 0 spiro atoms. The van der Waals surface area contributed by atoms with Crippen LogP contribution in [0.25, 0.3) is 0 Å². The quantitative estimate of drug-likeness (QED) is 0.793. The van der Waals surface area contributed by atoms with Gasteiger partial charge in [0.25, 0.3) is 5.91 Å². The van der Waals surface area contributed by atoms with E-state index in [2.05, 4.69) is 20.1 Å². The number of carbonyl (C=O) groups excluding carboxylic acids is 2. The molecule has 4 heterocycles. The summed E-state index contributed by atoms with van der Waals surface area (Å²) in [7, 11) is 0. The van der Waals surface area contributed by atoms with Gasteiger partial charge in [0.05, 0.1) is 5.56 Å². The number of aromatic nitrogens is 1. The third kappa shape index (κ3) is 4.26. The van der Waals surface area contributed by atoms with Crippen LogP contribution in [0.3, 0.4) is 0 Å². The van der Waals surface area contributed by atoms with Gasteiger partial charge in [-0.2, -0.15) is 0 Å². The predicted molar refractivity (Wildman–Crippen MR) is 120 cm³/mol. The molecule has 1 aromatic carbocycles. The third-order valence-electron chi connectivity index (χ3n) is 6.88. The van der Waals surface area contributed by atoms with Crippen molar-refractivity contribution in [2.45, 2.75) is 38.3 Å². The summed E-state index contributed by atoms with van der Waals surface area (Å²) in [6, 6.07) is 11.6. The second-order valence-corrected chi connectivity index (χ2v) is 9.42. The Labute approximate surface area is 187 Å². The number of amides is 2. The highest BCUT2D eigenvalue weighted by atomic mass is 35.5. The average Bonchev–Trinajstić information content (AvgIpc) is 2.79. The van der Waals surface area contributed by atoms with Crippen LogP contribution < -0.4 is 10.2 Å². The van der Waals surface area contributed by atoms with Gasteiger partial charge in [0.15, 0.2) is 0 Å². The molecule has 3 saturated heterocycles. The average molecular weight is 439 g/mol. The number of hydrogen-bond donors (Lipinski definition) is 1. The van der Waals surface area contributed by atoms with Crippen LogP contribution in [-0.2, 0) is 11.3 Å². The number of carbonyl (C=O) groups is 2. The number of rotatable bonds is 4. The van der Waals surface area contributed by atoms with Gasteiger partial charge in [-0.1, -0.05) is 23.7 Å². The molecule has 0 aliphatic carbocycles. The summed E-state index contributed by atoms with van der Waals surface area (Å²) in [4.78, 5) is 33.9. The first kappa shape index (κ1) is 20.3. The maximum Gasteiger partial charge on any atom is 0.253 e. The number of nitrogens with one attached hydrogen (secondary N) is 1. The van der Waals surface area contributed by atoms with Crippen LogP contribution in [0.1, 0.15) is 41.6 Å². The summed E-state index contributed by atoms with van der Waals surface area (Å²) in [6.45, 7) is 3.17. The molecule has 2 bridgehead atoms. The normalized spacial score (nSPS) is 25.2. The number of pyridine rings is 1. The van der Waals surface area contributed by atoms with Crippen LogP contribution in [0.5, 0.6) is 0 Å². The molecule has 2 unspecified atom stereocenters. The van der Waals surface area contributed by atoms with E-state index in [0.717, 1.165) is 43.9 Å². The van der Waals surface area contributed by atoms with Crippen molar-refractivity contribution in [2.24, 2.45) is 11.8 Å². The zero-order chi connectivity index (χ0) is 21.4. The molecular formula is C24H27ClN4O2. The second-order valence-electron chi connectivity index (χ2n) is 8.99. The molecule has 31 heavy (non-hydrogen) atoms. The Morgan fingerprint density at radius 3 is 2.74 bits per heavy atom. The number of benzene rings is 1. The summed E-state index contributed by atoms with van der Waals surface area (Å²) in [5.74, 6) is 2.13. The van der Waals surface area contributed by atoms with Crippen LogP contribution in [0.4, 0.5) is 5.82 Å². The minimum absolute atomic E-state index is 0.138. The maximum absolute atomic E-state index is 12.5. The van der Waals surface area contributed by atoms with E-state index in [9.17, 15) is 9.59 Å². The SMILES string of the molecule is O=C(NCc1ccc(Cl)cc1)c1ccc(N2CC3CC(C2)[C@H]2CCCC(=O)N2C3)nc1. The predicted octanol–water partition coefficient (Wildman–Crippen LogP) is 3.50. The van der Waals surface area contributed by atoms with E-state index in [1.54, 1.807) is 6.20 Å². The van der Waals surface area contributed by atoms with E-state index < -0.39 is 0 Å². The van der Waals surface area contributed by atoms with Crippen molar-refractivity contribution in [3.8, 4) is 0 Å². The van der Waals surface area contributed by atoms with Crippen molar-refractivity contribution in [1.29, 1.82) is 0 Å². The molecule has 1 aromatic heterocycles. The van der Waals surface area contributed by atoms with Gasteiger partial charge in [0, 0.05) is 49.9 Å². The van der Waals surface area contributed by atoms with Crippen LogP contribution in [0, 0.1) is 11.8 Å². The molecular weight excluding hydrogens is 412 g/mol. The number of fused-ring (bicyclic) bond motifs is 4. The van der Waals surface area contributed by atoms with E-state index in [-0.39, 0.29) is 5.91 Å². The standard InChI is InChI=1S/C24H27ClN4O2/c25-20-7-4-16(5-8-20)11-27-24(31)18-6-9-22(26-12-18)28-13-17-10-19(15-28)21-2-1-3-23(30)29(21)14-17/h4-9,12,17,19,21H,1-3,10-11,13-15H2,(H,27,31)/t17?,19?,21-/m1/s1. The number of anilines is 1. The molecule has 2 amide bonds. The van der Waals surface area contributed by atoms with Gasteiger partial charge in [0.1, 0.15) is 5.82 Å². The van der Waals surface area contributed by atoms with E-state index >= 15 is 0 Å². The Morgan fingerprint density at radius 2 is 1.97 bits per heavy atom. The minimum Gasteiger partial charge on any atom is -0.356 e. The molecule has 3 aliphatic rings. The topological polar surface area (TPSA) is 65.5 Å². The van der Waals surface area contributed by atoms with Gasteiger partial charge in [-0.05, 0) is 60.9 Å². The van der Waals surface area contributed by atoms with Gasteiger partial charge in [0.2, 0.25) is 5.91 Å². The second kappa shape index (κ2) is 8.50. The Morgan fingerprint density at radius 1 is 1.13 bits per heavy atom. The summed E-state index contributed by atoms with van der Waals surface area (Å²) >= 11 is 5.90. The highest BCUT2D eigenvalue weighted by Gasteiger charge is 2.44. The zero-order valence-electron chi connectivity index (χ0n) is 17.5. The van der Waals surface area contributed by atoms with Gasteiger partial charge < -0.3 is 15.1 Å². The van der Waals surface area contributed by atoms with E-state index in [4.69, 9.17) is 11.6 Å². The fourth-order valence-corrected chi connectivity index (χ4v) is 5.52. The van der Waals surface area contributed by atoms with Crippen molar-refractivity contribution in [1.82, 2.24) is 15.2 Å². The van der Waals surface area contributed by atoms with Gasteiger partial charge in [-0.25, -0.2) is 4.98 Å². The Hall–Kier alpha value is -2.60. The van der Waals surface area contributed by atoms with Crippen molar-refractivity contribution >= 4 is 29.2 Å². The van der Waals surface area contributed by atoms with Crippen molar-refractivity contribution in [3.05, 3.63) is 58.7 Å². The Balaban J connectivity index is 1.21. The molecule has 3 aliphatic heterocycles. The molecule has 7 heteroatoms. The highest BCUT2D eigenvalue weighted by molar-refractivity contribution is 6.30. The minimum atomic E-state index is -0.138. The zero-order valence-corrected chi connectivity index (χ0v) is 18.2. The number of piperidine rings is 3. The molecule has 162 valence electrons.